The summed E-state index contributed by atoms with van der Waals surface area (Å²) in [4.78, 5) is 0. The summed E-state index contributed by atoms with van der Waals surface area (Å²) in [5.74, 6) is 0. The summed E-state index contributed by atoms with van der Waals surface area (Å²) >= 11 is 5.79. The van der Waals surface area contributed by atoms with Gasteiger partial charge in [-0.3, -0.25) is 0 Å². The average Bonchev–Trinajstić information content (AvgIpc) is 2.22. The molecule has 0 N–H and O–H groups in total. The molecule has 0 aromatic heterocycles. The fourth-order valence-electron chi connectivity index (χ4n) is 1.84. The van der Waals surface area contributed by atoms with Crippen LogP contribution in [-0.2, 0) is 0 Å². The molecule has 3 heteroatoms. The Kier molecular flexibility index (Phi) is 9.09. The zero-order valence-corrected chi connectivity index (χ0v) is 15.8. The molecule has 0 saturated carbocycles. The van der Waals surface area contributed by atoms with Crippen molar-refractivity contribution in [2.45, 2.75) is 59.3 Å². The molecule has 0 fully saturated rings. The Labute approximate surface area is 123 Å². The molecule has 15 heavy (non-hydrogen) atoms. The van der Waals surface area contributed by atoms with Crippen LogP contribution in [0.3, 0.4) is 0 Å². The molecule has 0 heterocycles. The number of hydrogen-bond acceptors (Lipinski definition) is 0. The molecule has 0 rings (SSSR count). The van der Waals surface area contributed by atoms with E-state index >= 15 is 0 Å². The summed E-state index contributed by atoms with van der Waals surface area (Å²) in [5, 5.41) is 0. The Bertz CT molecular complexity index is 140. The summed E-state index contributed by atoms with van der Waals surface area (Å²) in [7, 11) is 0. The van der Waals surface area contributed by atoms with Crippen molar-refractivity contribution < 1.29 is 0 Å². The van der Waals surface area contributed by atoms with Gasteiger partial charge in [0.25, 0.3) is 0 Å². The van der Waals surface area contributed by atoms with Crippen LogP contribution in [0.5, 0.6) is 0 Å². The van der Waals surface area contributed by atoms with Crippen molar-refractivity contribution in [1.29, 1.82) is 0 Å². The van der Waals surface area contributed by atoms with Crippen LogP contribution < -0.4 is 0 Å². The monoisotopic (exact) mass is 456 g/mol. The van der Waals surface area contributed by atoms with Gasteiger partial charge in [-0.05, 0) is 0 Å². The Hall–Kier alpha value is 1.89. The summed E-state index contributed by atoms with van der Waals surface area (Å²) in [6.07, 6.45) is 13.0. The standard InChI is InChI=1S/C12H27I2P/c1-4-7-10-15(13,14,11-8-5-2)12-9-6-3/h4-12H2,1-3H3. The third-order valence-corrected chi connectivity index (χ3v) is 15.5. The van der Waals surface area contributed by atoms with Crippen LogP contribution in [0.25, 0.3) is 0 Å². The third kappa shape index (κ3) is 7.75. The molecule has 0 aromatic rings. The van der Waals surface area contributed by atoms with Gasteiger partial charge < -0.3 is 0 Å². The van der Waals surface area contributed by atoms with E-state index in [-0.39, 0.29) is 0 Å². The van der Waals surface area contributed by atoms with E-state index in [4.69, 9.17) is 0 Å². The number of halogens is 2. The van der Waals surface area contributed by atoms with Crippen molar-refractivity contribution in [3.63, 3.8) is 0 Å². The molecule has 94 valence electrons. The predicted molar refractivity (Wildman–Crippen MR) is 94.3 cm³/mol. The molecule has 0 saturated heterocycles. The maximum atomic E-state index is 2.90. The minimum atomic E-state index is -1.34. The molecule has 0 nitrogen and oxygen atoms in total. The third-order valence-electron chi connectivity index (χ3n) is 2.99. The summed E-state index contributed by atoms with van der Waals surface area (Å²) in [6, 6.07) is 0. The normalized spacial score (nSPS) is 14.9. The van der Waals surface area contributed by atoms with Gasteiger partial charge in [-0.1, -0.05) is 0 Å². The number of unbranched alkanes of at least 4 members (excludes halogenated alkanes) is 3. The zero-order chi connectivity index (χ0) is 11.8. The molecule has 0 aliphatic heterocycles. The molecule has 0 aromatic carbocycles. The molecule has 0 bridgehead atoms. The first-order chi connectivity index (χ1) is 6.96. The van der Waals surface area contributed by atoms with Crippen LogP contribution >= 0.6 is 46.0 Å². The maximum absolute atomic E-state index is 2.90. The fourth-order valence-corrected chi connectivity index (χ4v) is 11.7. The topological polar surface area (TPSA) is 0 Å². The molecular formula is C12H27I2P. The first-order valence-corrected chi connectivity index (χ1v) is 14.8. The fraction of sp³-hybridized carbons (Fsp3) is 1.00. The van der Waals surface area contributed by atoms with E-state index in [1.165, 1.54) is 57.0 Å². The van der Waals surface area contributed by atoms with E-state index in [0.717, 1.165) is 0 Å². The molecule has 0 radical (unpaired) electrons. The van der Waals surface area contributed by atoms with Crippen molar-refractivity contribution in [2.75, 3.05) is 18.5 Å². The van der Waals surface area contributed by atoms with Crippen LogP contribution in [0.4, 0.5) is 0 Å². The van der Waals surface area contributed by atoms with E-state index in [0.29, 0.717) is 0 Å². The van der Waals surface area contributed by atoms with Crippen LogP contribution in [0.15, 0.2) is 0 Å². The van der Waals surface area contributed by atoms with Crippen molar-refractivity contribution in [3.8, 4) is 0 Å². The number of hydrogen-bond donors (Lipinski definition) is 0. The van der Waals surface area contributed by atoms with Gasteiger partial charge in [0, 0.05) is 0 Å². The van der Waals surface area contributed by atoms with Gasteiger partial charge in [-0.2, -0.15) is 0 Å². The molecule has 0 aliphatic carbocycles. The van der Waals surface area contributed by atoms with Gasteiger partial charge in [0.15, 0.2) is 0 Å². The molecule has 0 aliphatic rings. The number of rotatable bonds is 9. The molecular weight excluding hydrogens is 429 g/mol. The molecule has 0 atom stereocenters. The van der Waals surface area contributed by atoms with Gasteiger partial charge in [-0.15, -0.1) is 0 Å². The molecule has 0 amide bonds. The van der Waals surface area contributed by atoms with E-state index in [9.17, 15) is 0 Å². The van der Waals surface area contributed by atoms with Gasteiger partial charge in [-0.25, -0.2) is 0 Å². The van der Waals surface area contributed by atoms with Crippen molar-refractivity contribution in [2.24, 2.45) is 0 Å². The second-order valence-corrected chi connectivity index (χ2v) is 29.6. The summed E-state index contributed by atoms with van der Waals surface area (Å²) in [5.41, 5.74) is 0. The van der Waals surface area contributed by atoms with Gasteiger partial charge in [0.05, 0.1) is 0 Å². The van der Waals surface area contributed by atoms with Crippen LogP contribution in [0, 0.1) is 0 Å². The van der Waals surface area contributed by atoms with Gasteiger partial charge in [0.1, 0.15) is 0 Å². The van der Waals surface area contributed by atoms with Crippen molar-refractivity contribution in [1.82, 2.24) is 0 Å². The van der Waals surface area contributed by atoms with Gasteiger partial charge in [0.2, 0.25) is 0 Å². The van der Waals surface area contributed by atoms with E-state index in [1.54, 1.807) is 0 Å². The van der Waals surface area contributed by atoms with Crippen LogP contribution in [0.2, 0.25) is 0 Å². The zero-order valence-electron chi connectivity index (χ0n) is 10.6. The van der Waals surface area contributed by atoms with E-state index in [2.05, 4.69) is 64.9 Å². The van der Waals surface area contributed by atoms with Crippen LogP contribution in [-0.4, -0.2) is 18.5 Å². The SMILES string of the molecule is CCCCP(I)(I)(CCCC)CCCC. The molecule has 0 spiro atoms. The summed E-state index contributed by atoms with van der Waals surface area (Å²) < 4.78 is -1.34. The first kappa shape index (κ1) is 16.9. The molecule has 0 unspecified atom stereocenters. The first-order valence-electron chi connectivity index (χ1n) is 6.41. The van der Waals surface area contributed by atoms with Gasteiger partial charge >= 0.3 is 124 Å². The second-order valence-electron chi connectivity index (χ2n) is 4.68. The van der Waals surface area contributed by atoms with E-state index < -0.39 is 1.89 Å². The quantitative estimate of drug-likeness (QED) is 0.270. The Morgan fingerprint density at radius 3 is 1.13 bits per heavy atom. The Morgan fingerprint density at radius 2 is 0.933 bits per heavy atom. The predicted octanol–water partition coefficient (Wildman–Crippen LogP) is 6.64. The Morgan fingerprint density at radius 1 is 0.667 bits per heavy atom. The second kappa shape index (κ2) is 8.07. The minimum absolute atomic E-state index is 1.34. The van der Waals surface area contributed by atoms with Crippen molar-refractivity contribution in [3.05, 3.63) is 0 Å². The summed E-state index contributed by atoms with van der Waals surface area (Å²) in [6.45, 7) is 6.97. The van der Waals surface area contributed by atoms with Crippen molar-refractivity contribution >= 4 is 46.0 Å². The van der Waals surface area contributed by atoms with E-state index in [1.807, 2.05) is 0 Å². The Balaban J connectivity index is 4.33. The van der Waals surface area contributed by atoms with Crippen LogP contribution in [0.1, 0.15) is 59.3 Å². The average molecular weight is 456 g/mol.